The Bertz CT molecular complexity index is 1090. The van der Waals surface area contributed by atoms with E-state index in [1.807, 2.05) is 60.7 Å². The quantitative estimate of drug-likeness (QED) is 0.143. The van der Waals surface area contributed by atoms with Crippen LogP contribution in [0.5, 0.6) is 0 Å². The van der Waals surface area contributed by atoms with Gasteiger partial charge in [0, 0.05) is 12.2 Å². The highest BCUT2D eigenvalue weighted by Crippen LogP contribution is 2.23. The first-order chi connectivity index (χ1) is 21.3. The number of carboxylic acids is 2. The van der Waals surface area contributed by atoms with E-state index in [4.69, 9.17) is 19.7 Å². The maximum absolute atomic E-state index is 11.6. The molecule has 8 heteroatoms. The Kier molecular flexibility index (Phi) is 15.2. The van der Waals surface area contributed by atoms with Gasteiger partial charge in [-0.05, 0) is 94.1 Å². The molecule has 0 spiro atoms. The lowest BCUT2D eigenvalue weighted by molar-refractivity contribution is -0.155. The minimum Gasteiger partial charge on any atom is -0.481 e. The Hall–Kier alpha value is -3.94. The molecule has 2 aromatic carbocycles. The highest BCUT2D eigenvalue weighted by molar-refractivity contribution is 5.93. The van der Waals surface area contributed by atoms with Gasteiger partial charge in [0.25, 0.3) is 0 Å². The Morgan fingerprint density at radius 1 is 0.614 bits per heavy atom. The monoisotopic (exact) mass is 606 g/mol. The molecule has 44 heavy (non-hydrogen) atoms. The van der Waals surface area contributed by atoms with Crippen LogP contribution in [-0.4, -0.2) is 46.3 Å². The number of hydrogen-bond donors (Lipinski definition) is 2. The van der Waals surface area contributed by atoms with Gasteiger partial charge in [-0.25, -0.2) is 9.59 Å². The van der Waals surface area contributed by atoms with Gasteiger partial charge in [0.15, 0.2) is 5.92 Å². The molecule has 0 radical (unpaired) electrons. The van der Waals surface area contributed by atoms with E-state index in [-0.39, 0.29) is 24.5 Å². The molecular weight excluding hydrogens is 560 g/mol. The predicted molar refractivity (Wildman–Crippen MR) is 167 cm³/mol. The average Bonchev–Trinajstić information content (AvgIpc) is 3.02. The van der Waals surface area contributed by atoms with Crippen molar-refractivity contribution in [1.29, 1.82) is 0 Å². The fraction of sp³-hybridized carbons (Fsp3) is 0.500. The number of rotatable bonds is 13. The second-order valence-electron chi connectivity index (χ2n) is 11.8. The molecule has 4 rings (SSSR count). The van der Waals surface area contributed by atoms with Crippen molar-refractivity contribution in [2.45, 2.75) is 102 Å². The molecule has 2 aromatic rings. The second kappa shape index (κ2) is 19.4. The van der Waals surface area contributed by atoms with Crippen LogP contribution in [0, 0.1) is 11.8 Å². The Morgan fingerprint density at radius 3 is 1.36 bits per heavy atom. The van der Waals surface area contributed by atoms with Crippen LogP contribution < -0.4 is 0 Å². The first kappa shape index (κ1) is 34.5. The van der Waals surface area contributed by atoms with E-state index in [9.17, 15) is 19.2 Å². The summed E-state index contributed by atoms with van der Waals surface area (Å²) in [5.41, 5.74) is 2.36. The molecule has 0 amide bonds. The van der Waals surface area contributed by atoms with Crippen LogP contribution in [0.2, 0.25) is 0 Å². The standard InChI is InChI=1S/C20H22O4.C16H24O4/c21-19(22)18(20(23)24)12-11-17(13-15-7-3-1-4-8-15)14-16-9-5-2-6-10-16;17-15(19-13-7-3-1-4-8-13)11-12-16(18)20-14-9-5-2-6-10-14/h1-10,17-18H,11-14H2,(H,21,22)(H,23,24);11-14H,1-10H2/b;12-11-. The number of hydrogen-bond acceptors (Lipinski definition) is 6. The van der Waals surface area contributed by atoms with E-state index >= 15 is 0 Å². The zero-order chi connectivity index (χ0) is 31.6. The molecule has 0 aromatic heterocycles. The summed E-state index contributed by atoms with van der Waals surface area (Å²) in [5.74, 6) is -4.52. The predicted octanol–water partition coefficient (Wildman–Crippen LogP) is 6.95. The SMILES string of the molecule is O=C(/C=C\C(=O)OC1CCCCC1)OC1CCCCC1.O=C(O)C(CCC(Cc1ccccc1)Cc1ccccc1)C(=O)O. The van der Waals surface area contributed by atoms with Crippen LogP contribution in [-0.2, 0) is 41.5 Å². The Morgan fingerprint density at radius 2 is 1.00 bits per heavy atom. The van der Waals surface area contributed by atoms with Crippen LogP contribution in [0.3, 0.4) is 0 Å². The van der Waals surface area contributed by atoms with E-state index in [0.717, 1.165) is 64.2 Å². The minimum atomic E-state index is -1.33. The van der Waals surface area contributed by atoms with Crippen molar-refractivity contribution in [3.8, 4) is 0 Å². The van der Waals surface area contributed by atoms with Crippen molar-refractivity contribution >= 4 is 23.9 Å². The van der Waals surface area contributed by atoms with Gasteiger partial charge in [0.2, 0.25) is 0 Å². The third-order valence-electron chi connectivity index (χ3n) is 8.22. The first-order valence-corrected chi connectivity index (χ1v) is 15.9. The third-order valence-corrected chi connectivity index (χ3v) is 8.22. The van der Waals surface area contributed by atoms with Crippen molar-refractivity contribution in [3.05, 3.63) is 83.9 Å². The maximum Gasteiger partial charge on any atom is 0.331 e. The van der Waals surface area contributed by atoms with E-state index in [1.165, 1.54) is 36.1 Å². The average molecular weight is 607 g/mol. The van der Waals surface area contributed by atoms with Gasteiger partial charge < -0.3 is 19.7 Å². The van der Waals surface area contributed by atoms with Crippen LogP contribution in [0.4, 0.5) is 0 Å². The van der Waals surface area contributed by atoms with Gasteiger partial charge in [0.1, 0.15) is 12.2 Å². The summed E-state index contributed by atoms with van der Waals surface area (Å²) in [6.07, 6.45) is 15.4. The molecule has 2 N–H and O–H groups in total. The zero-order valence-electron chi connectivity index (χ0n) is 25.5. The molecule has 0 aliphatic heterocycles. The van der Waals surface area contributed by atoms with Crippen LogP contribution in [0.15, 0.2) is 72.8 Å². The number of carboxylic acid groups (broad SMARTS) is 2. The van der Waals surface area contributed by atoms with Gasteiger partial charge in [-0.15, -0.1) is 0 Å². The van der Waals surface area contributed by atoms with E-state index in [0.29, 0.717) is 6.42 Å². The number of benzene rings is 2. The lowest BCUT2D eigenvalue weighted by Crippen LogP contribution is -2.24. The molecule has 0 unspecified atom stereocenters. The van der Waals surface area contributed by atoms with E-state index < -0.39 is 29.8 Å². The van der Waals surface area contributed by atoms with Crippen molar-refractivity contribution in [1.82, 2.24) is 0 Å². The van der Waals surface area contributed by atoms with Crippen molar-refractivity contribution in [2.75, 3.05) is 0 Å². The lowest BCUT2D eigenvalue weighted by Gasteiger charge is -2.21. The number of esters is 2. The summed E-state index contributed by atoms with van der Waals surface area (Å²) in [6, 6.07) is 20.0. The summed E-state index contributed by atoms with van der Waals surface area (Å²) in [7, 11) is 0. The Balaban J connectivity index is 0.000000244. The molecule has 0 atom stereocenters. The van der Waals surface area contributed by atoms with Gasteiger partial charge in [-0.1, -0.05) is 73.5 Å². The van der Waals surface area contributed by atoms with Gasteiger partial charge in [0.05, 0.1) is 0 Å². The number of carbonyl (C=O) groups is 4. The summed E-state index contributed by atoms with van der Waals surface area (Å²) >= 11 is 0. The van der Waals surface area contributed by atoms with Crippen LogP contribution in [0.25, 0.3) is 0 Å². The third kappa shape index (κ3) is 13.6. The molecule has 2 aliphatic rings. The van der Waals surface area contributed by atoms with Crippen molar-refractivity contribution in [3.63, 3.8) is 0 Å². The fourth-order valence-electron chi connectivity index (χ4n) is 5.84. The summed E-state index contributed by atoms with van der Waals surface area (Å²) < 4.78 is 10.6. The first-order valence-electron chi connectivity index (χ1n) is 15.9. The fourth-order valence-corrected chi connectivity index (χ4v) is 5.84. The molecule has 0 bridgehead atoms. The molecular formula is C36H46O8. The molecule has 0 heterocycles. The summed E-state index contributed by atoms with van der Waals surface area (Å²) in [4.78, 5) is 45.4. The molecule has 2 aliphatic carbocycles. The summed E-state index contributed by atoms with van der Waals surface area (Å²) in [5, 5.41) is 18.1. The zero-order valence-corrected chi connectivity index (χ0v) is 25.5. The van der Waals surface area contributed by atoms with Gasteiger partial charge in [-0.3, -0.25) is 9.59 Å². The highest BCUT2D eigenvalue weighted by Gasteiger charge is 2.27. The minimum absolute atomic E-state index is 0.0234. The lowest BCUT2D eigenvalue weighted by atomic mass is 9.86. The van der Waals surface area contributed by atoms with Gasteiger partial charge >= 0.3 is 23.9 Å². The van der Waals surface area contributed by atoms with E-state index in [1.54, 1.807) is 0 Å². The van der Waals surface area contributed by atoms with Crippen LogP contribution in [0.1, 0.15) is 88.2 Å². The number of aliphatic carboxylic acids is 2. The molecule has 2 fully saturated rings. The second-order valence-corrected chi connectivity index (χ2v) is 11.8. The van der Waals surface area contributed by atoms with E-state index in [2.05, 4.69) is 0 Å². The number of carbonyl (C=O) groups excluding carboxylic acids is 2. The topological polar surface area (TPSA) is 127 Å². The number of ether oxygens (including phenoxy) is 2. The highest BCUT2D eigenvalue weighted by atomic mass is 16.5. The van der Waals surface area contributed by atoms with Crippen molar-refractivity contribution < 1.29 is 38.9 Å². The van der Waals surface area contributed by atoms with Crippen molar-refractivity contribution in [2.24, 2.45) is 11.8 Å². The largest absolute Gasteiger partial charge is 0.481 e. The molecule has 8 nitrogen and oxygen atoms in total. The smallest absolute Gasteiger partial charge is 0.331 e. The summed E-state index contributed by atoms with van der Waals surface area (Å²) in [6.45, 7) is 0. The normalized spacial score (nSPS) is 15.9. The van der Waals surface area contributed by atoms with Crippen LogP contribution >= 0.6 is 0 Å². The maximum atomic E-state index is 11.6. The molecule has 2 saturated carbocycles. The molecule has 0 saturated heterocycles. The molecule has 238 valence electrons. The van der Waals surface area contributed by atoms with Gasteiger partial charge in [-0.2, -0.15) is 0 Å². The Labute approximate surface area is 260 Å².